The number of hydrogen-bond acceptors (Lipinski definition) is 3. The predicted molar refractivity (Wildman–Crippen MR) is 118 cm³/mol. The van der Waals surface area contributed by atoms with Crippen LogP contribution in [0.4, 0.5) is 0 Å². The van der Waals surface area contributed by atoms with Gasteiger partial charge in [-0.15, -0.1) is 0 Å². The Morgan fingerprint density at radius 1 is 1.14 bits per heavy atom. The van der Waals surface area contributed by atoms with Gasteiger partial charge in [-0.25, -0.2) is 0 Å². The van der Waals surface area contributed by atoms with Crippen molar-refractivity contribution in [3.05, 3.63) is 29.8 Å². The molecular weight excluding hydrogens is 362 g/mol. The molecule has 2 atom stereocenters. The summed E-state index contributed by atoms with van der Waals surface area (Å²) in [6, 6.07) is 8.59. The van der Waals surface area contributed by atoms with Crippen LogP contribution in [0.2, 0.25) is 0 Å². The summed E-state index contributed by atoms with van der Waals surface area (Å²) in [5.74, 6) is 3.76. The minimum Gasteiger partial charge on any atom is -0.497 e. The van der Waals surface area contributed by atoms with Crippen LogP contribution in [0.25, 0.3) is 0 Å². The molecule has 0 radical (unpaired) electrons. The molecule has 4 rings (SSSR count). The topological polar surface area (TPSA) is 46.1 Å². The summed E-state index contributed by atoms with van der Waals surface area (Å²) in [5.41, 5.74) is 1.41. The number of nitrogens with zero attached hydrogens (tertiary/aromatic N) is 2. The number of ether oxygens (including phenoxy) is 2. The van der Waals surface area contributed by atoms with E-state index in [-0.39, 0.29) is 5.41 Å². The van der Waals surface area contributed by atoms with Crippen molar-refractivity contribution >= 4 is 5.96 Å². The van der Waals surface area contributed by atoms with Crippen molar-refractivity contribution < 1.29 is 9.47 Å². The highest BCUT2D eigenvalue weighted by molar-refractivity contribution is 5.80. The van der Waals surface area contributed by atoms with Gasteiger partial charge in [0.1, 0.15) is 5.75 Å². The van der Waals surface area contributed by atoms with Gasteiger partial charge in [0.25, 0.3) is 0 Å². The smallest absolute Gasteiger partial charge is 0.193 e. The Hall–Kier alpha value is -1.75. The summed E-state index contributed by atoms with van der Waals surface area (Å²) >= 11 is 0. The zero-order valence-corrected chi connectivity index (χ0v) is 18.2. The van der Waals surface area contributed by atoms with E-state index in [1.807, 2.05) is 0 Å². The minimum absolute atomic E-state index is 0.0533. The van der Waals surface area contributed by atoms with Gasteiger partial charge in [0.05, 0.1) is 13.7 Å². The fraction of sp³-hybridized carbons (Fsp3) is 0.708. The third-order valence-electron chi connectivity index (χ3n) is 7.29. The van der Waals surface area contributed by atoms with Crippen molar-refractivity contribution in [1.82, 2.24) is 10.2 Å². The van der Waals surface area contributed by atoms with Gasteiger partial charge in [0, 0.05) is 38.3 Å². The molecule has 2 saturated heterocycles. The van der Waals surface area contributed by atoms with E-state index in [4.69, 9.17) is 14.5 Å². The molecule has 1 aliphatic carbocycles. The van der Waals surface area contributed by atoms with Crippen LogP contribution < -0.4 is 10.1 Å². The lowest BCUT2D eigenvalue weighted by Crippen LogP contribution is -2.43. The largest absolute Gasteiger partial charge is 0.497 e. The van der Waals surface area contributed by atoms with Gasteiger partial charge in [0.15, 0.2) is 5.96 Å². The molecule has 5 nitrogen and oxygen atoms in total. The van der Waals surface area contributed by atoms with Crippen LogP contribution in [-0.4, -0.2) is 57.4 Å². The molecule has 3 fully saturated rings. The van der Waals surface area contributed by atoms with Gasteiger partial charge in [0.2, 0.25) is 0 Å². The van der Waals surface area contributed by atoms with Crippen LogP contribution >= 0.6 is 0 Å². The molecule has 1 N–H and O–H groups in total. The zero-order chi connectivity index (χ0) is 20.1. The summed E-state index contributed by atoms with van der Waals surface area (Å²) in [7, 11) is 1.72. The molecule has 1 aromatic rings. The third-order valence-corrected chi connectivity index (χ3v) is 7.29. The van der Waals surface area contributed by atoms with E-state index in [1.54, 1.807) is 7.11 Å². The number of methoxy groups -OCH3 is 1. The van der Waals surface area contributed by atoms with Crippen LogP contribution in [0.3, 0.4) is 0 Å². The van der Waals surface area contributed by atoms with Gasteiger partial charge in [-0.1, -0.05) is 25.0 Å². The first-order chi connectivity index (χ1) is 14.2. The first-order valence-electron chi connectivity index (χ1n) is 11.5. The molecule has 160 valence electrons. The molecule has 0 aromatic heterocycles. The molecular formula is C24H37N3O2. The lowest BCUT2D eigenvalue weighted by atomic mass is 9.74. The zero-order valence-electron chi connectivity index (χ0n) is 18.2. The molecule has 0 spiro atoms. The molecule has 3 aliphatic rings. The van der Waals surface area contributed by atoms with Crippen molar-refractivity contribution in [3.8, 4) is 5.75 Å². The summed E-state index contributed by atoms with van der Waals surface area (Å²) in [6.45, 7) is 7.88. The number of fused-ring (bicyclic) bond motifs is 1. The number of likely N-dealkylation sites (tertiary alicyclic amines) is 1. The third kappa shape index (κ3) is 4.55. The average Bonchev–Trinajstić information content (AvgIpc) is 3.21. The number of benzene rings is 1. The average molecular weight is 400 g/mol. The number of hydrogen-bond donors (Lipinski definition) is 1. The van der Waals surface area contributed by atoms with E-state index in [1.165, 1.54) is 44.3 Å². The van der Waals surface area contributed by atoms with Crippen molar-refractivity contribution in [2.45, 2.75) is 50.9 Å². The SMILES string of the molecule is CCNC(=NCC1(c2ccc(OC)cc2)CCOCC1)N1CC2CCCCC2C1. The van der Waals surface area contributed by atoms with E-state index in [0.29, 0.717) is 0 Å². The van der Waals surface area contributed by atoms with Gasteiger partial charge < -0.3 is 19.7 Å². The standard InChI is InChI=1S/C24H37N3O2/c1-3-25-23(27-16-19-6-4-5-7-20(19)17-27)26-18-24(12-14-29-15-13-24)21-8-10-22(28-2)11-9-21/h8-11,19-20H,3-7,12-18H2,1-2H3,(H,25,26). The van der Waals surface area contributed by atoms with Crippen molar-refractivity contribution in [3.63, 3.8) is 0 Å². The first-order valence-corrected chi connectivity index (χ1v) is 11.5. The molecule has 29 heavy (non-hydrogen) atoms. The van der Waals surface area contributed by atoms with Crippen molar-refractivity contribution in [2.24, 2.45) is 16.8 Å². The minimum atomic E-state index is 0.0533. The maximum atomic E-state index is 5.71. The molecule has 0 amide bonds. The van der Waals surface area contributed by atoms with E-state index >= 15 is 0 Å². The number of nitrogens with one attached hydrogen (secondary N) is 1. The summed E-state index contributed by atoms with van der Waals surface area (Å²) < 4.78 is 11.1. The normalized spacial score (nSPS) is 26.8. The number of rotatable bonds is 5. The highest BCUT2D eigenvalue weighted by atomic mass is 16.5. The maximum absolute atomic E-state index is 5.71. The van der Waals surface area contributed by atoms with Crippen molar-refractivity contribution in [2.75, 3.05) is 46.5 Å². The van der Waals surface area contributed by atoms with Gasteiger partial charge in [-0.05, 0) is 62.1 Å². The lowest BCUT2D eigenvalue weighted by molar-refractivity contribution is 0.0530. The highest BCUT2D eigenvalue weighted by Gasteiger charge is 2.37. The first kappa shape index (κ1) is 20.5. The van der Waals surface area contributed by atoms with Gasteiger partial charge >= 0.3 is 0 Å². The summed E-state index contributed by atoms with van der Waals surface area (Å²) in [5, 5.41) is 3.59. The van der Waals surface area contributed by atoms with Crippen LogP contribution in [0.15, 0.2) is 29.3 Å². The van der Waals surface area contributed by atoms with E-state index < -0.39 is 0 Å². The lowest BCUT2D eigenvalue weighted by Gasteiger charge is -2.37. The van der Waals surface area contributed by atoms with Crippen LogP contribution in [0, 0.1) is 11.8 Å². The maximum Gasteiger partial charge on any atom is 0.193 e. The Bertz CT molecular complexity index is 668. The summed E-state index contributed by atoms with van der Waals surface area (Å²) in [4.78, 5) is 7.75. The van der Waals surface area contributed by atoms with Crippen LogP contribution in [0.1, 0.15) is 51.0 Å². The Morgan fingerprint density at radius 3 is 2.38 bits per heavy atom. The van der Waals surface area contributed by atoms with E-state index in [0.717, 1.165) is 62.7 Å². The molecule has 2 aliphatic heterocycles. The van der Waals surface area contributed by atoms with Crippen molar-refractivity contribution in [1.29, 1.82) is 0 Å². The van der Waals surface area contributed by atoms with E-state index in [2.05, 4.69) is 41.4 Å². The second-order valence-electron chi connectivity index (χ2n) is 9.00. The second kappa shape index (κ2) is 9.38. The number of aliphatic imine (C=N–C) groups is 1. The molecule has 1 saturated carbocycles. The Labute approximate surface area is 175 Å². The van der Waals surface area contributed by atoms with Gasteiger partial charge in [-0.2, -0.15) is 0 Å². The molecule has 5 heteroatoms. The fourth-order valence-electron chi connectivity index (χ4n) is 5.48. The predicted octanol–water partition coefficient (Wildman–Crippen LogP) is 3.83. The van der Waals surface area contributed by atoms with E-state index in [9.17, 15) is 0 Å². The molecule has 2 heterocycles. The quantitative estimate of drug-likeness (QED) is 0.604. The van der Waals surface area contributed by atoms with Gasteiger partial charge in [-0.3, -0.25) is 4.99 Å². The Morgan fingerprint density at radius 2 is 1.79 bits per heavy atom. The van der Waals surface area contributed by atoms with Crippen LogP contribution in [-0.2, 0) is 10.2 Å². The second-order valence-corrected chi connectivity index (χ2v) is 9.00. The Kier molecular flexibility index (Phi) is 6.63. The monoisotopic (exact) mass is 399 g/mol. The molecule has 0 bridgehead atoms. The van der Waals surface area contributed by atoms with Crippen LogP contribution in [0.5, 0.6) is 5.75 Å². The number of guanidine groups is 1. The molecule has 2 unspecified atom stereocenters. The molecule has 1 aromatic carbocycles. The Balaban J connectivity index is 1.54. The fourth-order valence-corrected chi connectivity index (χ4v) is 5.48. The summed E-state index contributed by atoms with van der Waals surface area (Å²) in [6.07, 6.45) is 7.65. The highest BCUT2D eigenvalue weighted by Crippen LogP contribution is 2.38.